The lowest BCUT2D eigenvalue weighted by atomic mass is 10.2. The number of hydrogen-bond donors (Lipinski definition) is 1. The first-order chi connectivity index (χ1) is 14.9. The molecule has 0 saturated carbocycles. The molecular formula is C23H18Cl2N4O2. The highest BCUT2D eigenvalue weighted by Crippen LogP contribution is 2.26. The number of amides is 1. The van der Waals surface area contributed by atoms with E-state index in [9.17, 15) is 4.79 Å². The number of carbonyl (C=O) groups is 1. The van der Waals surface area contributed by atoms with E-state index in [4.69, 9.17) is 27.9 Å². The Morgan fingerprint density at radius 1 is 1.00 bits per heavy atom. The smallest absolute Gasteiger partial charge is 0.295 e. The third-order valence-corrected chi connectivity index (χ3v) is 5.32. The van der Waals surface area contributed by atoms with E-state index in [1.165, 1.54) is 0 Å². The summed E-state index contributed by atoms with van der Waals surface area (Å²) >= 11 is 12.3. The van der Waals surface area contributed by atoms with Crippen LogP contribution in [-0.2, 0) is 0 Å². The minimum Gasteiger partial charge on any atom is -0.497 e. The maximum Gasteiger partial charge on any atom is 0.295 e. The standard InChI is InChI=1S/C23H18Cl2N4O2/c1-14-3-10-18(13-20(14)25)29-22(15-4-6-16(24)7-5-15)27-21(28-29)23(30)26-17-8-11-19(31-2)12-9-17/h3-13H,1-2H3,(H,26,30). The Kier molecular flexibility index (Phi) is 5.93. The zero-order chi connectivity index (χ0) is 22.0. The van der Waals surface area contributed by atoms with Crippen LogP contribution >= 0.6 is 23.2 Å². The van der Waals surface area contributed by atoms with Crippen molar-refractivity contribution < 1.29 is 9.53 Å². The van der Waals surface area contributed by atoms with Gasteiger partial charge in [-0.05, 0) is 73.2 Å². The van der Waals surface area contributed by atoms with Crippen molar-refractivity contribution in [3.8, 4) is 22.8 Å². The van der Waals surface area contributed by atoms with Crippen LogP contribution in [0.2, 0.25) is 10.0 Å². The van der Waals surface area contributed by atoms with Gasteiger partial charge >= 0.3 is 0 Å². The molecule has 0 aliphatic heterocycles. The van der Waals surface area contributed by atoms with E-state index >= 15 is 0 Å². The molecule has 8 heteroatoms. The van der Waals surface area contributed by atoms with Gasteiger partial charge in [0, 0.05) is 21.3 Å². The molecule has 0 spiro atoms. The minimum absolute atomic E-state index is 0.0254. The summed E-state index contributed by atoms with van der Waals surface area (Å²) in [6.07, 6.45) is 0. The Bertz CT molecular complexity index is 1240. The van der Waals surface area contributed by atoms with E-state index in [2.05, 4.69) is 15.4 Å². The van der Waals surface area contributed by atoms with E-state index in [0.29, 0.717) is 33.0 Å². The highest BCUT2D eigenvalue weighted by atomic mass is 35.5. The fourth-order valence-electron chi connectivity index (χ4n) is 2.95. The molecule has 0 bridgehead atoms. The molecular weight excluding hydrogens is 435 g/mol. The SMILES string of the molecule is COc1ccc(NC(=O)c2nc(-c3ccc(Cl)cc3)n(-c3ccc(C)c(Cl)c3)n2)cc1. The number of rotatable bonds is 5. The predicted molar refractivity (Wildman–Crippen MR) is 122 cm³/mol. The third-order valence-electron chi connectivity index (χ3n) is 4.66. The molecule has 4 aromatic rings. The number of nitrogens with zero attached hydrogens (tertiary/aromatic N) is 3. The van der Waals surface area contributed by atoms with E-state index in [1.54, 1.807) is 54.3 Å². The first-order valence-corrected chi connectivity index (χ1v) is 10.1. The molecule has 156 valence electrons. The molecule has 1 N–H and O–H groups in total. The van der Waals surface area contributed by atoms with Crippen LogP contribution in [0, 0.1) is 6.92 Å². The molecule has 0 unspecified atom stereocenters. The van der Waals surface area contributed by atoms with Gasteiger partial charge in [-0.2, -0.15) is 0 Å². The highest BCUT2D eigenvalue weighted by Gasteiger charge is 2.19. The van der Waals surface area contributed by atoms with Gasteiger partial charge in [0.2, 0.25) is 5.82 Å². The van der Waals surface area contributed by atoms with Gasteiger partial charge in [-0.25, -0.2) is 9.67 Å². The fourth-order valence-corrected chi connectivity index (χ4v) is 3.25. The molecule has 31 heavy (non-hydrogen) atoms. The van der Waals surface area contributed by atoms with Crippen molar-refractivity contribution in [2.75, 3.05) is 12.4 Å². The second-order valence-corrected chi connectivity index (χ2v) is 7.64. The number of benzene rings is 3. The first-order valence-electron chi connectivity index (χ1n) is 9.39. The Morgan fingerprint density at radius 2 is 1.71 bits per heavy atom. The van der Waals surface area contributed by atoms with Crippen molar-refractivity contribution in [2.24, 2.45) is 0 Å². The Hall–Kier alpha value is -3.35. The van der Waals surface area contributed by atoms with Crippen LogP contribution in [0.3, 0.4) is 0 Å². The molecule has 4 rings (SSSR count). The average Bonchev–Trinajstić information content (AvgIpc) is 3.22. The second kappa shape index (κ2) is 8.79. The van der Waals surface area contributed by atoms with Gasteiger partial charge in [-0.3, -0.25) is 4.79 Å². The summed E-state index contributed by atoms with van der Waals surface area (Å²) in [5.41, 5.74) is 3.00. The normalized spacial score (nSPS) is 10.7. The number of aryl methyl sites for hydroxylation is 1. The first kappa shape index (κ1) is 20.9. The minimum atomic E-state index is -0.433. The molecule has 0 fully saturated rings. The molecule has 3 aromatic carbocycles. The molecule has 0 atom stereocenters. The maximum absolute atomic E-state index is 12.8. The van der Waals surface area contributed by atoms with Crippen LogP contribution in [0.1, 0.15) is 16.2 Å². The van der Waals surface area contributed by atoms with Gasteiger partial charge in [-0.1, -0.05) is 29.3 Å². The lowest BCUT2D eigenvalue weighted by Crippen LogP contribution is -2.14. The van der Waals surface area contributed by atoms with Crippen molar-refractivity contribution in [1.29, 1.82) is 0 Å². The summed E-state index contributed by atoms with van der Waals surface area (Å²) < 4.78 is 6.74. The Balaban J connectivity index is 1.73. The van der Waals surface area contributed by atoms with Gasteiger partial charge in [0.15, 0.2) is 5.82 Å². The van der Waals surface area contributed by atoms with Crippen molar-refractivity contribution >= 4 is 34.8 Å². The molecule has 6 nitrogen and oxygen atoms in total. The average molecular weight is 453 g/mol. The largest absolute Gasteiger partial charge is 0.497 e. The van der Waals surface area contributed by atoms with Crippen LogP contribution in [0.4, 0.5) is 5.69 Å². The number of carbonyl (C=O) groups excluding carboxylic acids is 1. The number of ether oxygens (including phenoxy) is 1. The van der Waals surface area contributed by atoms with Crippen molar-refractivity contribution in [3.05, 3.63) is 88.2 Å². The van der Waals surface area contributed by atoms with E-state index in [0.717, 1.165) is 11.1 Å². The van der Waals surface area contributed by atoms with Crippen molar-refractivity contribution in [2.45, 2.75) is 6.92 Å². The van der Waals surface area contributed by atoms with Crippen LogP contribution in [-0.4, -0.2) is 27.8 Å². The molecule has 1 amide bonds. The Morgan fingerprint density at radius 3 is 2.35 bits per heavy atom. The quantitative estimate of drug-likeness (QED) is 0.414. The summed E-state index contributed by atoms with van der Waals surface area (Å²) in [7, 11) is 1.58. The van der Waals surface area contributed by atoms with Crippen LogP contribution < -0.4 is 10.1 Å². The highest BCUT2D eigenvalue weighted by molar-refractivity contribution is 6.31. The summed E-state index contributed by atoms with van der Waals surface area (Å²) in [6, 6.07) is 19.7. The molecule has 0 aliphatic rings. The van der Waals surface area contributed by atoms with Gasteiger partial charge in [-0.15, -0.1) is 5.10 Å². The zero-order valence-corrected chi connectivity index (χ0v) is 18.3. The van der Waals surface area contributed by atoms with Gasteiger partial charge in [0.25, 0.3) is 5.91 Å². The fraction of sp³-hybridized carbons (Fsp3) is 0.0870. The molecule has 0 saturated heterocycles. The van der Waals surface area contributed by atoms with E-state index < -0.39 is 5.91 Å². The number of methoxy groups -OCH3 is 1. The van der Waals surface area contributed by atoms with Crippen molar-refractivity contribution in [3.63, 3.8) is 0 Å². The summed E-state index contributed by atoms with van der Waals surface area (Å²) in [5, 5.41) is 8.46. The van der Waals surface area contributed by atoms with Gasteiger partial charge in [0.1, 0.15) is 5.75 Å². The lowest BCUT2D eigenvalue weighted by Gasteiger charge is -2.07. The monoisotopic (exact) mass is 452 g/mol. The van der Waals surface area contributed by atoms with Crippen LogP contribution in [0.25, 0.3) is 17.1 Å². The Labute approximate surface area is 189 Å². The van der Waals surface area contributed by atoms with E-state index in [-0.39, 0.29) is 5.82 Å². The second-order valence-electron chi connectivity index (χ2n) is 6.79. The van der Waals surface area contributed by atoms with E-state index in [1.807, 2.05) is 31.2 Å². The van der Waals surface area contributed by atoms with Gasteiger partial charge in [0.05, 0.1) is 12.8 Å². The van der Waals surface area contributed by atoms with Crippen LogP contribution in [0.5, 0.6) is 5.75 Å². The molecule has 1 heterocycles. The van der Waals surface area contributed by atoms with Gasteiger partial charge < -0.3 is 10.1 Å². The predicted octanol–water partition coefficient (Wildman–Crippen LogP) is 5.81. The van der Waals surface area contributed by atoms with Crippen LogP contribution in [0.15, 0.2) is 66.7 Å². The number of anilines is 1. The summed E-state index contributed by atoms with van der Waals surface area (Å²) in [4.78, 5) is 17.3. The lowest BCUT2D eigenvalue weighted by molar-refractivity contribution is 0.101. The maximum atomic E-state index is 12.8. The van der Waals surface area contributed by atoms with Crippen molar-refractivity contribution in [1.82, 2.24) is 14.8 Å². The summed E-state index contributed by atoms with van der Waals surface area (Å²) in [6.45, 7) is 1.92. The number of aromatic nitrogens is 3. The zero-order valence-electron chi connectivity index (χ0n) is 16.8. The number of hydrogen-bond acceptors (Lipinski definition) is 4. The third kappa shape index (κ3) is 4.55. The summed E-state index contributed by atoms with van der Waals surface area (Å²) in [5.74, 6) is 0.785. The topological polar surface area (TPSA) is 69.0 Å². The molecule has 0 radical (unpaired) electrons. The number of nitrogens with one attached hydrogen (secondary N) is 1. The molecule has 0 aliphatic carbocycles. The molecule has 1 aromatic heterocycles. The number of halogens is 2.